The molecular formula is C14H18FNO3S2. The van der Waals surface area contributed by atoms with Crippen molar-refractivity contribution < 1.29 is 19.1 Å². The molecule has 0 saturated carbocycles. The average Bonchev–Trinajstić information content (AvgIpc) is 2.45. The van der Waals surface area contributed by atoms with Gasteiger partial charge in [0.2, 0.25) is 5.91 Å². The summed E-state index contributed by atoms with van der Waals surface area (Å²) in [6, 6.07) is 5.49. The molecule has 1 aromatic rings. The molecule has 1 atom stereocenters. The quantitative estimate of drug-likeness (QED) is 0.681. The fraction of sp³-hybridized carbons (Fsp3) is 0.429. The van der Waals surface area contributed by atoms with E-state index >= 15 is 0 Å². The molecule has 4 nitrogen and oxygen atoms in total. The molecule has 0 bridgehead atoms. The minimum Gasteiger partial charge on any atom is -0.480 e. The summed E-state index contributed by atoms with van der Waals surface area (Å²) in [6.07, 6.45) is 2.43. The molecule has 1 amide bonds. The average molecular weight is 331 g/mol. The van der Waals surface area contributed by atoms with E-state index in [9.17, 15) is 14.0 Å². The zero-order valence-corrected chi connectivity index (χ0v) is 13.3. The second-order valence-electron chi connectivity index (χ2n) is 4.27. The maximum Gasteiger partial charge on any atom is 0.326 e. The monoisotopic (exact) mass is 331 g/mol. The molecule has 0 aliphatic heterocycles. The molecule has 0 aliphatic carbocycles. The maximum absolute atomic E-state index is 13.4. The number of carbonyl (C=O) groups is 2. The van der Waals surface area contributed by atoms with E-state index in [-0.39, 0.29) is 18.1 Å². The van der Waals surface area contributed by atoms with Crippen LogP contribution in [0.4, 0.5) is 4.39 Å². The van der Waals surface area contributed by atoms with Crippen molar-refractivity contribution in [2.45, 2.75) is 23.8 Å². The van der Waals surface area contributed by atoms with Crippen molar-refractivity contribution in [3.05, 3.63) is 30.1 Å². The predicted octanol–water partition coefficient (Wildman–Crippen LogP) is 2.63. The van der Waals surface area contributed by atoms with Gasteiger partial charge in [-0.1, -0.05) is 12.1 Å². The number of hydrogen-bond donors (Lipinski definition) is 2. The minimum atomic E-state index is -1.03. The third-order valence-corrected chi connectivity index (χ3v) is 4.36. The first kappa shape index (κ1) is 17.8. The summed E-state index contributed by atoms with van der Waals surface area (Å²) in [7, 11) is 0. The highest BCUT2D eigenvalue weighted by molar-refractivity contribution is 7.99. The smallest absolute Gasteiger partial charge is 0.326 e. The Morgan fingerprint density at radius 3 is 2.67 bits per heavy atom. The van der Waals surface area contributed by atoms with E-state index in [2.05, 4.69) is 5.32 Å². The second kappa shape index (κ2) is 9.68. The van der Waals surface area contributed by atoms with Crippen LogP contribution in [0.5, 0.6) is 0 Å². The molecule has 2 N–H and O–H groups in total. The molecule has 0 heterocycles. The molecular weight excluding hydrogens is 313 g/mol. The van der Waals surface area contributed by atoms with Crippen LogP contribution >= 0.6 is 23.5 Å². The zero-order valence-electron chi connectivity index (χ0n) is 11.7. The van der Waals surface area contributed by atoms with Crippen LogP contribution in [-0.4, -0.2) is 40.8 Å². The fourth-order valence-corrected chi connectivity index (χ4v) is 2.93. The van der Waals surface area contributed by atoms with Crippen LogP contribution in [-0.2, 0) is 9.59 Å². The standard InChI is InChI=1S/C14H18FNO3S2/c1-20-8-6-11(14(18)19)16-13(17)7-9-21-12-5-3-2-4-10(12)15/h2-5,11H,6-9H2,1H3,(H,16,17)(H,18,19)/t11-/m1/s1. The molecule has 1 rings (SSSR count). The lowest BCUT2D eigenvalue weighted by atomic mass is 10.2. The van der Waals surface area contributed by atoms with Crippen molar-refractivity contribution in [3.8, 4) is 0 Å². The Labute approximate surface area is 131 Å². The minimum absolute atomic E-state index is 0.155. The van der Waals surface area contributed by atoms with E-state index in [0.717, 1.165) is 0 Å². The highest BCUT2D eigenvalue weighted by Crippen LogP contribution is 2.21. The topological polar surface area (TPSA) is 66.4 Å². The van der Waals surface area contributed by atoms with Crippen molar-refractivity contribution in [1.82, 2.24) is 5.32 Å². The summed E-state index contributed by atoms with van der Waals surface area (Å²) in [4.78, 5) is 23.2. The van der Waals surface area contributed by atoms with Crippen molar-refractivity contribution in [2.24, 2.45) is 0 Å². The van der Waals surface area contributed by atoms with Gasteiger partial charge in [-0.2, -0.15) is 11.8 Å². The summed E-state index contributed by atoms with van der Waals surface area (Å²) < 4.78 is 13.4. The number of carboxylic acid groups (broad SMARTS) is 1. The van der Waals surface area contributed by atoms with E-state index < -0.39 is 12.0 Å². The molecule has 0 aliphatic rings. The lowest BCUT2D eigenvalue weighted by molar-refractivity contribution is -0.141. The van der Waals surface area contributed by atoms with Gasteiger partial charge in [-0.25, -0.2) is 9.18 Å². The van der Waals surface area contributed by atoms with E-state index in [1.165, 1.54) is 29.6 Å². The zero-order chi connectivity index (χ0) is 15.7. The van der Waals surface area contributed by atoms with Crippen LogP contribution in [0.25, 0.3) is 0 Å². The summed E-state index contributed by atoms with van der Waals surface area (Å²) in [5.74, 6) is -0.596. The first-order chi connectivity index (χ1) is 10.0. The molecule has 0 aromatic heterocycles. The Morgan fingerprint density at radius 2 is 2.05 bits per heavy atom. The van der Waals surface area contributed by atoms with Gasteiger partial charge in [0.1, 0.15) is 11.9 Å². The summed E-state index contributed by atoms with van der Waals surface area (Å²) in [5, 5.41) is 11.5. The lowest BCUT2D eigenvalue weighted by Crippen LogP contribution is -2.41. The third kappa shape index (κ3) is 6.86. The number of thioether (sulfide) groups is 2. The number of hydrogen-bond acceptors (Lipinski definition) is 4. The largest absolute Gasteiger partial charge is 0.480 e. The Kier molecular flexibility index (Phi) is 8.22. The van der Waals surface area contributed by atoms with Crippen LogP contribution in [0, 0.1) is 5.82 Å². The number of carboxylic acids is 1. The fourth-order valence-electron chi connectivity index (χ4n) is 1.58. The van der Waals surface area contributed by atoms with Gasteiger partial charge in [0.25, 0.3) is 0 Å². The molecule has 116 valence electrons. The number of benzene rings is 1. The number of halogens is 1. The Balaban J connectivity index is 2.36. The molecule has 21 heavy (non-hydrogen) atoms. The number of amides is 1. The predicted molar refractivity (Wildman–Crippen MR) is 84.3 cm³/mol. The van der Waals surface area contributed by atoms with Crippen LogP contribution in [0.15, 0.2) is 29.2 Å². The van der Waals surface area contributed by atoms with Gasteiger partial charge in [0.15, 0.2) is 0 Å². The summed E-state index contributed by atoms with van der Waals surface area (Å²) in [5.41, 5.74) is 0. The van der Waals surface area contributed by atoms with Crippen molar-refractivity contribution in [1.29, 1.82) is 0 Å². The number of rotatable bonds is 9. The van der Waals surface area contributed by atoms with E-state index in [0.29, 0.717) is 22.8 Å². The summed E-state index contributed by atoms with van der Waals surface area (Å²) in [6.45, 7) is 0. The summed E-state index contributed by atoms with van der Waals surface area (Å²) >= 11 is 2.77. The number of carbonyl (C=O) groups excluding carboxylic acids is 1. The van der Waals surface area contributed by atoms with Gasteiger partial charge in [0.05, 0.1) is 0 Å². The molecule has 0 unspecified atom stereocenters. The van der Waals surface area contributed by atoms with Crippen LogP contribution in [0.1, 0.15) is 12.8 Å². The molecule has 7 heteroatoms. The highest BCUT2D eigenvalue weighted by Gasteiger charge is 2.19. The van der Waals surface area contributed by atoms with E-state index in [1.54, 1.807) is 18.2 Å². The van der Waals surface area contributed by atoms with Crippen molar-refractivity contribution in [3.63, 3.8) is 0 Å². The van der Waals surface area contributed by atoms with Crippen LogP contribution < -0.4 is 5.32 Å². The molecule has 0 radical (unpaired) electrons. The Hall–Kier alpha value is -1.21. The van der Waals surface area contributed by atoms with E-state index in [4.69, 9.17) is 5.11 Å². The molecule has 0 spiro atoms. The van der Waals surface area contributed by atoms with Gasteiger partial charge >= 0.3 is 5.97 Å². The Bertz CT molecular complexity index is 485. The van der Waals surface area contributed by atoms with Crippen molar-refractivity contribution >= 4 is 35.4 Å². The molecule has 1 aromatic carbocycles. The maximum atomic E-state index is 13.4. The second-order valence-corrected chi connectivity index (χ2v) is 6.39. The van der Waals surface area contributed by atoms with Gasteiger partial charge in [-0.05, 0) is 30.6 Å². The van der Waals surface area contributed by atoms with E-state index in [1.807, 2.05) is 6.26 Å². The molecule has 0 fully saturated rings. The number of nitrogens with one attached hydrogen (secondary N) is 1. The first-order valence-corrected chi connectivity index (χ1v) is 8.81. The first-order valence-electron chi connectivity index (χ1n) is 6.43. The SMILES string of the molecule is CSCC[C@@H](NC(=O)CCSc1ccccc1F)C(=O)O. The van der Waals surface area contributed by atoms with Crippen molar-refractivity contribution in [2.75, 3.05) is 17.8 Å². The third-order valence-electron chi connectivity index (χ3n) is 2.67. The van der Waals surface area contributed by atoms with Gasteiger partial charge in [-0.15, -0.1) is 11.8 Å². The van der Waals surface area contributed by atoms with Gasteiger partial charge in [0, 0.05) is 17.1 Å². The normalized spacial score (nSPS) is 11.9. The van der Waals surface area contributed by atoms with Crippen LogP contribution in [0.2, 0.25) is 0 Å². The molecule has 0 saturated heterocycles. The van der Waals surface area contributed by atoms with Gasteiger partial charge < -0.3 is 10.4 Å². The van der Waals surface area contributed by atoms with Gasteiger partial charge in [-0.3, -0.25) is 4.79 Å². The van der Waals surface area contributed by atoms with Crippen LogP contribution in [0.3, 0.4) is 0 Å². The Morgan fingerprint density at radius 1 is 1.33 bits per heavy atom. The number of aliphatic carboxylic acids is 1. The highest BCUT2D eigenvalue weighted by atomic mass is 32.2. The lowest BCUT2D eigenvalue weighted by Gasteiger charge is -2.13.